The van der Waals surface area contributed by atoms with Crippen molar-refractivity contribution in [1.29, 1.82) is 0 Å². The number of nitrogens with one attached hydrogen (secondary N) is 2. The Morgan fingerprint density at radius 1 is 1.14 bits per heavy atom. The Labute approximate surface area is 199 Å². The molecule has 11 heteroatoms. The first kappa shape index (κ1) is 26.3. The Morgan fingerprint density at radius 2 is 1.79 bits per heavy atom. The lowest BCUT2D eigenvalue weighted by Crippen LogP contribution is -2.39. The summed E-state index contributed by atoms with van der Waals surface area (Å²) in [6, 6.07) is 3.60. The highest BCUT2D eigenvalue weighted by Gasteiger charge is 2.23. The molecule has 0 atom stereocenters. The second-order valence-corrected chi connectivity index (χ2v) is 10.8. The highest BCUT2D eigenvalue weighted by Crippen LogP contribution is 2.25. The van der Waals surface area contributed by atoms with E-state index >= 15 is 0 Å². The van der Waals surface area contributed by atoms with Crippen LogP contribution in [0.1, 0.15) is 28.6 Å². The maximum absolute atomic E-state index is 12.6. The van der Waals surface area contributed by atoms with E-state index in [9.17, 15) is 8.42 Å². The Bertz CT molecular complexity index is 876. The summed E-state index contributed by atoms with van der Waals surface area (Å²) in [6.45, 7) is 8.17. The van der Waals surface area contributed by atoms with Crippen molar-refractivity contribution in [3.05, 3.63) is 33.1 Å². The van der Waals surface area contributed by atoms with Gasteiger partial charge >= 0.3 is 0 Å². The van der Waals surface area contributed by atoms with Crippen LogP contribution in [-0.4, -0.2) is 56.9 Å². The molecule has 2 heterocycles. The number of aliphatic imine (C=N–C) groups is 1. The number of aryl methyl sites for hydroxylation is 1. The minimum absolute atomic E-state index is 0. The van der Waals surface area contributed by atoms with Crippen LogP contribution in [0.15, 0.2) is 27.5 Å². The molecule has 0 saturated carbocycles. The predicted octanol–water partition coefficient (Wildman–Crippen LogP) is 3.11. The molecule has 2 rings (SSSR count). The molecule has 0 unspecified atom stereocenters. The number of guanidine groups is 1. The molecular formula is C18H30IN5O2S3. The second-order valence-electron chi connectivity index (χ2n) is 6.10. The molecule has 7 nitrogen and oxygen atoms in total. The number of nitrogens with zero attached hydrogens (tertiary/aromatic N) is 3. The number of rotatable bonds is 10. The molecule has 0 aromatic carbocycles. The Kier molecular flexibility index (Phi) is 11.6. The summed E-state index contributed by atoms with van der Waals surface area (Å²) in [4.78, 5) is 10.8. The number of halogens is 1. The third-order valence-corrected chi connectivity index (χ3v) is 8.76. The van der Waals surface area contributed by atoms with Crippen molar-refractivity contribution in [3.8, 4) is 0 Å². The minimum Gasteiger partial charge on any atom is -0.356 e. The van der Waals surface area contributed by atoms with Crippen LogP contribution in [0.2, 0.25) is 0 Å². The van der Waals surface area contributed by atoms with Crippen LogP contribution in [0.5, 0.6) is 0 Å². The number of hydrogen-bond acceptors (Lipinski definition) is 6. The number of sulfonamides is 1. The average molecular weight is 572 g/mol. The highest BCUT2D eigenvalue weighted by atomic mass is 127. The Balaban J connectivity index is 0.00000420. The maximum Gasteiger partial charge on any atom is 0.252 e. The Morgan fingerprint density at radius 3 is 2.34 bits per heavy atom. The van der Waals surface area contributed by atoms with Gasteiger partial charge in [-0.1, -0.05) is 13.8 Å². The van der Waals surface area contributed by atoms with Crippen molar-refractivity contribution >= 4 is 62.6 Å². The van der Waals surface area contributed by atoms with Crippen molar-refractivity contribution in [3.63, 3.8) is 0 Å². The van der Waals surface area contributed by atoms with Crippen LogP contribution in [0.3, 0.4) is 0 Å². The van der Waals surface area contributed by atoms with Gasteiger partial charge in [-0.15, -0.1) is 46.7 Å². The second kappa shape index (κ2) is 12.8. The average Bonchev–Trinajstić information content (AvgIpc) is 3.30. The van der Waals surface area contributed by atoms with E-state index < -0.39 is 10.0 Å². The monoisotopic (exact) mass is 571 g/mol. The summed E-state index contributed by atoms with van der Waals surface area (Å²) in [6.07, 6.45) is 3.49. The fourth-order valence-corrected chi connectivity index (χ4v) is 6.41. The molecule has 2 aromatic heterocycles. The summed E-state index contributed by atoms with van der Waals surface area (Å²) in [7, 11) is -1.63. The molecule has 0 amide bonds. The van der Waals surface area contributed by atoms with Crippen molar-refractivity contribution in [2.45, 2.75) is 37.8 Å². The molecule has 2 N–H and O–H groups in total. The molecule has 0 bridgehead atoms. The van der Waals surface area contributed by atoms with E-state index in [-0.39, 0.29) is 24.0 Å². The molecule has 0 aliphatic heterocycles. The standard InChI is InChI=1S/C18H29N5O2S3.HI/c1-5-23(6-2)28(24,25)17-8-7-15(27-17)9-11-20-18(19-4)21-12-10-16-22-13-14(3)26-16;/h7-8,13H,5-6,9-12H2,1-4H3,(H2,19,20,21);1H. The van der Waals surface area contributed by atoms with Crippen molar-refractivity contribution in [2.24, 2.45) is 4.99 Å². The molecule has 0 fully saturated rings. The van der Waals surface area contributed by atoms with Gasteiger partial charge in [-0.2, -0.15) is 4.31 Å². The molecule has 0 spiro atoms. The fraction of sp³-hybridized carbons (Fsp3) is 0.556. The van der Waals surface area contributed by atoms with Gasteiger partial charge in [0, 0.05) is 55.6 Å². The van der Waals surface area contributed by atoms with Crippen LogP contribution in [-0.2, 0) is 22.9 Å². The van der Waals surface area contributed by atoms with Crippen LogP contribution in [0, 0.1) is 6.92 Å². The molecule has 0 saturated heterocycles. The van der Waals surface area contributed by atoms with Crippen LogP contribution in [0.25, 0.3) is 0 Å². The van der Waals surface area contributed by atoms with Crippen LogP contribution in [0.4, 0.5) is 0 Å². The first-order chi connectivity index (χ1) is 13.4. The van der Waals surface area contributed by atoms with E-state index in [1.165, 1.54) is 20.5 Å². The molecule has 0 radical (unpaired) electrons. The lowest BCUT2D eigenvalue weighted by Gasteiger charge is -2.16. The number of thiophene rings is 1. The van der Waals surface area contributed by atoms with Crippen LogP contribution < -0.4 is 10.6 Å². The smallest absolute Gasteiger partial charge is 0.252 e. The van der Waals surface area contributed by atoms with Crippen LogP contribution >= 0.6 is 46.7 Å². The van der Waals surface area contributed by atoms with Gasteiger partial charge in [-0.25, -0.2) is 13.4 Å². The van der Waals surface area contributed by atoms with E-state index in [1.54, 1.807) is 24.5 Å². The van der Waals surface area contributed by atoms with Gasteiger partial charge in [-0.3, -0.25) is 4.99 Å². The van der Waals surface area contributed by atoms with Gasteiger partial charge < -0.3 is 10.6 Å². The quantitative estimate of drug-likeness (QED) is 0.260. The highest BCUT2D eigenvalue weighted by molar-refractivity contribution is 14.0. The SMILES string of the molecule is CCN(CC)S(=O)(=O)c1ccc(CCNC(=NC)NCCc2ncc(C)s2)s1.I. The Hall–Kier alpha value is -0.760. The molecular weight excluding hydrogens is 541 g/mol. The van der Waals surface area contributed by atoms with E-state index in [0.717, 1.165) is 35.2 Å². The van der Waals surface area contributed by atoms with Crippen molar-refractivity contribution in [2.75, 3.05) is 33.2 Å². The lowest BCUT2D eigenvalue weighted by molar-refractivity contribution is 0.447. The van der Waals surface area contributed by atoms with Crippen molar-refractivity contribution < 1.29 is 8.42 Å². The summed E-state index contributed by atoms with van der Waals surface area (Å²) in [5.41, 5.74) is 0. The maximum atomic E-state index is 12.6. The van der Waals surface area contributed by atoms with Gasteiger partial charge in [-0.05, 0) is 25.5 Å². The molecule has 0 aliphatic rings. The van der Waals surface area contributed by atoms with Gasteiger partial charge in [0.05, 0.1) is 5.01 Å². The summed E-state index contributed by atoms with van der Waals surface area (Å²) < 4.78 is 27.0. The minimum atomic E-state index is -3.37. The van der Waals surface area contributed by atoms with E-state index in [1.807, 2.05) is 26.1 Å². The zero-order valence-corrected chi connectivity index (χ0v) is 22.0. The van der Waals surface area contributed by atoms with Crippen molar-refractivity contribution in [1.82, 2.24) is 19.9 Å². The molecule has 164 valence electrons. The summed E-state index contributed by atoms with van der Waals surface area (Å²) in [5, 5.41) is 7.66. The predicted molar refractivity (Wildman–Crippen MR) is 133 cm³/mol. The number of hydrogen-bond donors (Lipinski definition) is 2. The first-order valence-electron chi connectivity index (χ1n) is 9.35. The normalized spacial score (nSPS) is 12.1. The van der Waals surface area contributed by atoms with E-state index in [0.29, 0.717) is 23.8 Å². The summed E-state index contributed by atoms with van der Waals surface area (Å²) >= 11 is 3.05. The topological polar surface area (TPSA) is 86.7 Å². The van der Waals surface area contributed by atoms with Gasteiger partial charge in [0.1, 0.15) is 4.21 Å². The first-order valence-corrected chi connectivity index (χ1v) is 12.4. The molecule has 2 aromatic rings. The third-order valence-electron chi connectivity index (χ3n) is 4.12. The van der Waals surface area contributed by atoms with Gasteiger partial charge in [0.2, 0.25) is 0 Å². The summed E-state index contributed by atoms with van der Waals surface area (Å²) in [5.74, 6) is 0.737. The fourth-order valence-electron chi connectivity index (χ4n) is 2.65. The lowest BCUT2D eigenvalue weighted by atomic mass is 10.3. The zero-order valence-electron chi connectivity index (χ0n) is 17.3. The largest absolute Gasteiger partial charge is 0.356 e. The number of thiazole rings is 1. The van der Waals surface area contributed by atoms with Gasteiger partial charge in [0.15, 0.2) is 5.96 Å². The van der Waals surface area contributed by atoms with E-state index in [2.05, 4.69) is 27.5 Å². The molecule has 29 heavy (non-hydrogen) atoms. The van der Waals surface area contributed by atoms with Gasteiger partial charge in [0.25, 0.3) is 10.0 Å². The zero-order chi connectivity index (χ0) is 20.6. The molecule has 0 aliphatic carbocycles. The van der Waals surface area contributed by atoms with E-state index in [4.69, 9.17) is 0 Å². The number of aromatic nitrogens is 1. The third kappa shape index (κ3) is 7.78.